The second-order valence-electron chi connectivity index (χ2n) is 8.07. The first-order valence-corrected chi connectivity index (χ1v) is 10.3. The van der Waals surface area contributed by atoms with Crippen molar-refractivity contribution in [3.63, 3.8) is 0 Å². The van der Waals surface area contributed by atoms with Gasteiger partial charge in [0.05, 0.1) is 24.0 Å². The molecule has 1 aliphatic rings. The first-order chi connectivity index (χ1) is 15.0. The fraction of sp³-hybridized carbons (Fsp3) is 0.250. The molecule has 5 rings (SSSR count). The summed E-state index contributed by atoms with van der Waals surface area (Å²) in [5.41, 5.74) is 9.78. The zero-order valence-corrected chi connectivity index (χ0v) is 17.6. The molecule has 7 heteroatoms. The maximum atomic E-state index is 6.11. The molecule has 7 nitrogen and oxygen atoms in total. The molecule has 0 saturated heterocycles. The third-order valence-corrected chi connectivity index (χ3v) is 5.67. The van der Waals surface area contributed by atoms with Crippen LogP contribution in [0.25, 0.3) is 22.2 Å². The molecule has 0 atom stereocenters. The van der Waals surface area contributed by atoms with E-state index in [1.54, 1.807) is 13.3 Å². The van der Waals surface area contributed by atoms with E-state index in [-0.39, 0.29) is 5.54 Å². The lowest BCUT2D eigenvalue weighted by atomic mass is 10.1. The van der Waals surface area contributed by atoms with E-state index < -0.39 is 0 Å². The molecule has 4 aromatic rings. The number of para-hydroxylation sites is 1. The van der Waals surface area contributed by atoms with E-state index >= 15 is 0 Å². The molecule has 1 saturated carbocycles. The maximum Gasteiger partial charge on any atom is 0.227 e. The van der Waals surface area contributed by atoms with E-state index in [4.69, 9.17) is 20.2 Å². The molecule has 0 aliphatic heterocycles. The molecule has 0 unspecified atom stereocenters. The molecular formula is C24H25N5O2. The maximum absolute atomic E-state index is 6.11. The molecule has 158 valence electrons. The quantitative estimate of drug-likeness (QED) is 0.469. The van der Waals surface area contributed by atoms with Crippen LogP contribution in [0.3, 0.4) is 0 Å². The van der Waals surface area contributed by atoms with Gasteiger partial charge < -0.3 is 25.1 Å². The summed E-state index contributed by atoms with van der Waals surface area (Å²) in [6, 6.07) is 15.8. The van der Waals surface area contributed by atoms with Crippen molar-refractivity contribution in [1.82, 2.24) is 14.5 Å². The molecule has 2 heterocycles. The number of benzene rings is 2. The van der Waals surface area contributed by atoms with E-state index in [0.29, 0.717) is 18.3 Å². The number of ether oxygens (including phenoxy) is 2. The zero-order chi connectivity index (χ0) is 21.4. The highest BCUT2D eigenvalue weighted by molar-refractivity contribution is 5.95. The fourth-order valence-corrected chi connectivity index (χ4v) is 3.63. The number of hydrogen-bond donors (Lipinski definition) is 2. The summed E-state index contributed by atoms with van der Waals surface area (Å²) in [4.78, 5) is 9.13. The molecule has 3 N–H and O–H groups in total. The lowest BCUT2D eigenvalue weighted by Crippen LogP contribution is -2.29. The van der Waals surface area contributed by atoms with Crippen LogP contribution >= 0.6 is 0 Å². The van der Waals surface area contributed by atoms with Gasteiger partial charge in [-0.2, -0.15) is 0 Å². The second kappa shape index (κ2) is 7.59. The van der Waals surface area contributed by atoms with Gasteiger partial charge in [0.1, 0.15) is 18.1 Å². The minimum Gasteiger partial charge on any atom is -0.494 e. The van der Waals surface area contributed by atoms with E-state index in [0.717, 1.165) is 46.4 Å². The average Bonchev–Trinajstić information content (AvgIpc) is 3.44. The highest BCUT2D eigenvalue weighted by Gasteiger charge is 2.39. The number of nitrogens with two attached hydrogens (primary N) is 1. The van der Waals surface area contributed by atoms with Gasteiger partial charge in [-0.3, -0.25) is 0 Å². The van der Waals surface area contributed by atoms with Crippen LogP contribution in [0.4, 0.5) is 11.6 Å². The Morgan fingerprint density at radius 2 is 2.00 bits per heavy atom. The van der Waals surface area contributed by atoms with Crippen molar-refractivity contribution in [2.45, 2.75) is 18.4 Å². The lowest BCUT2D eigenvalue weighted by Gasteiger charge is -2.14. The smallest absolute Gasteiger partial charge is 0.227 e. The van der Waals surface area contributed by atoms with Crippen LogP contribution in [0, 0.1) is 0 Å². The van der Waals surface area contributed by atoms with E-state index in [1.807, 2.05) is 43.4 Å². The van der Waals surface area contributed by atoms with Gasteiger partial charge in [-0.25, -0.2) is 9.97 Å². The minimum atomic E-state index is -0.167. The molecular weight excluding hydrogens is 390 g/mol. The molecule has 0 radical (unpaired) electrons. The molecule has 0 spiro atoms. The van der Waals surface area contributed by atoms with Crippen molar-refractivity contribution in [2.24, 2.45) is 12.8 Å². The fourth-order valence-electron chi connectivity index (χ4n) is 3.63. The van der Waals surface area contributed by atoms with Gasteiger partial charge in [-0.05, 0) is 37.1 Å². The van der Waals surface area contributed by atoms with Gasteiger partial charge in [0.25, 0.3) is 0 Å². The van der Waals surface area contributed by atoms with Gasteiger partial charge in [-0.1, -0.05) is 18.2 Å². The van der Waals surface area contributed by atoms with Crippen molar-refractivity contribution >= 4 is 22.5 Å². The summed E-state index contributed by atoms with van der Waals surface area (Å²) < 4.78 is 13.5. The first-order valence-electron chi connectivity index (χ1n) is 10.3. The Bertz CT molecular complexity index is 1250. The largest absolute Gasteiger partial charge is 0.494 e. The Morgan fingerprint density at radius 3 is 2.81 bits per heavy atom. The van der Waals surface area contributed by atoms with E-state index in [1.165, 1.54) is 0 Å². The minimum absolute atomic E-state index is 0.167. The number of methoxy groups -OCH3 is 1. The van der Waals surface area contributed by atoms with Crippen molar-refractivity contribution < 1.29 is 9.47 Å². The predicted molar refractivity (Wildman–Crippen MR) is 122 cm³/mol. The summed E-state index contributed by atoms with van der Waals surface area (Å²) in [5, 5.41) is 4.42. The van der Waals surface area contributed by atoms with Crippen molar-refractivity contribution in [3.8, 4) is 22.8 Å². The SMILES string of the molecule is COc1cc(OCC2(N)CC2)ccc1Nc1nccc(-c2cn(C)c3ccccc23)n1. The van der Waals surface area contributed by atoms with Crippen molar-refractivity contribution in [2.75, 3.05) is 19.0 Å². The lowest BCUT2D eigenvalue weighted by molar-refractivity contribution is 0.278. The van der Waals surface area contributed by atoms with Crippen LogP contribution in [0.2, 0.25) is 0 Å². The van der Waals surface area contributed by atoms with Crippen LogP contribution in [0.1, 0.15) is 12.8 Å². The number of nitrogens with one attached hydrogen (secondary N) is 1. The Kier molecular flexibility index (Phi) is 4.75. The van der Waals surface area contributed by atoms with Crippen molar-refractivity contribution in [1.29, 1.82) is 0 Å². The number of hydrogen-bond acceptors (Lipinski definition) is 6. The van der Waals surface area contributed by atoms with Crippen LogP contribution in [-0.2, 0) is 7.05 Å². The normalized spacial score (nSPS) is 14.4. The molecule has 2 aromatic carbocycles. The summed E-state index contributed by atoms with van der Waals surface area (Å²) >= 11 is 0. The third-order valence-electron chi connectivity index (χ3n) is 5.67. The number of nitrogens with zero attached hydrogens (tertiary/aromatic N) is 3. The molecule has 31 heavy (non-hydrogen) atoms. The molecule has 0 amide bonds. The highest BCUT2D eigenvalue weighted by Crippen LogP contribution is 2.35. The van der Waals surface area contributed by atoms with Gasteiger partial charge in [0, 0.05) is 42.0 Å². The van der Waals surface area contributed by atoms with Gasteiger partial charge in [-0.15, -0.1) is 0 Å². The second-order valence-corrected chi connectivity index (χ2v) is 8.07. The van der Waals surface area contributed by atoms with E-state index in [2.05, 4.69) is 33.2 Å². The Balaban J connectivity index is 1.40. The number of fused-ring (bicyclic) bond motifs is 1. The van der Waals surface area contributed by atoms with Gasteiger partial charge in [0.2, 0.25) is 5.95 Å². The number of aryl methyl sites for hydroxylation is 1. The van der Waals surface area contributed by atoms with Crippen LogP contribution < -0.4 is 20.5 Å². The number of anilines is 2. The van der Waals surface area contributed by atoms with Crippen LogP contribution in [0.5, 0.6) is 11.5 Å². The molecule has 1 aliphatic carbocycles. The van der Waals surface area contributed by atoms with Crippen molar-refractivity contribution in [3.05, 3.63) is 60.9 Å². The Hall–Kier alpha value is -3.58. The number of rotatable bonds is 7. The van der Waals surface area contributed by atoms with Gasteiger partial charge >= 0.3 is 0 Å². The summed E-state index contributed by atoms with van der Waals surface area (Å²) in [6.45, 7) is 0.513. The van der Waals surface area contributed by atoms with Crippen LogP contribution in [0.15, 0.2) is 60.9 Å². The summed E-state index contributed by atoms with van der Waals surface area (Å²) in [7, 11) is 3.67. The van der Waals surface area contributed by atoms with E-state index in [9.17, 15) is 0 Å². The summed E-state index contributed by atoms with van der Waals surface area (Å²) in [5.74, 6) is 1.87. The monoisotopic (exact) mass is 415 g/mol. The first kappa shape index (κ1) is 19.4. The van der Waals surface area contributed by atoms with Crippen LogP contribution in [-0.4, -0.2) is 33.8 Å². The Morgan fingerprint density at radius 1 is 1.16 bits per heavy atom. The van der Waals surface area contributed by atoms with Gasteiger partial charge in [0.15, 0.2) is 0 Å². The number of aromatic nitrogens is 3. The average molecular weight is 415 g/mol. The highest BCUT2D eigenvalue weighted by atomic mass is 16.5. The standard InChI is InChI=1S/C24H25N5O2/c1-29-14-18(17-5-3-4-6-21(17)29)19-9-12-26-23(27-19)28-20-8-7-16(13-22(20)30-2)31-15-24(25)10-11-24/h3-9,12-14H,10-11,15,25H2,1-2H3,(H,26,27,28). The molecule has 0 bridgehead atoms. The topological polar surface area (TPSA) is 87.2 Å². The molecule has 1 fully saturated rings. The predicted octanol–water partition coefficient (Wildman–Crippen LogP) is 4.26. The molecule has 2 aromatic heterocycles. The Labute approximate surface area is 180 Å². The summed E-state index contributed by atoms with van der Waals surface area (Å²) in [6.07, 6.45) is 5.86. The zero-order valence-electron chi connectivity index (χ0n) is 17.6. The third kappa shape index (κ3) is 3.92.